The number of rotatable bonds is 13. The minimum Gasteiger partial charge on any atom is -0.439 e. The van der Waals surface area contributed by atoms with Crippen LogP contribution in [0.4, 0.5) is 4.39 Å². The summed E-state index contributed by atoms with van der Waals surface area (Å²) < 4.78 is 27.3. The molecule has 1 saturated carbocycles. The number of halogens is 1. The third-order valence-corrected chi connectivity index (χ3v) is 6.65. The molecule has 6 nitrogen and oxygen atoms in total. The van der Waals surface area contributed by atoms with Crippen molar-refractivity contribution in [1.82, 2.24) is 14.7 Å². The first-order valence-electron chi connectivity index (χ1n) is 13.1. The second-order valence-corrected chi connectivity index (χ2v) is 9.97. The molecule has 1 aromatic heterocycles. The molecule has 0 bridgehead atoms. The Balaban J connectivity index is 1.35. The second kappa shape index (κ2) is 12.3. The highest BCUT2D eigenvalue weighted by Gasteiger charge is 2.28. The van der Waals surface area contributed by atoms with Crippen LogP contribution in [0.3, 0.4) is 0 Å². The SMILES string of the molecule is Cn1nc(-c2ccccc2)c(CN(CC(O)COCc2ccccc2)CC2CC2)c1Oc1ccc(F)cc1. The van der Waals surface area contributed by atoms with Crippen LogP contribution >= 0.6 is 0 Å². The van der Waals surface area contributed by atoms with Gasteiger partial charge in [0.15, 0.2) is 0 Å². The maximum absolute atomic E-state index is 13.5. The van der Waals surface area contributed by atoms with Gasteiger partial charge < -0.3 is 14.6 Å². The number of aryl methyl sites for hydroxylation is 1. The van der Waals surface area contributed by atoms with Gasteiger partial charge in [0.05, 0.1) is 24.9 Å². The molecule has 0 amide bonds. The van der Waals surface area contributed by atoms with Crippen LogP contribution in [0.25, 0.3) is 11.3 Å². The van der Waals surface area contributed by atoms with Crippen LogP contribution in [-0.4, -0.2) is 45.6 Å². The first-order chi connectivity index (χ1) is 18.5. The first-order valence-corrected chi connectivity index (χ1v) is 13.1. The lowest BCUT2D eigenvalue weighted by atomic mass is 10.1. The smallest absolute Gasteiger partial charge is 0.222 e. The highest BCUT2D eigenvalue weighted by Crippen LogP contribution is 2.36. The van der Waals surface area contributed by atoms with Crippen LogP contribution in [0.1, 0.15) is 24.0 Å². The number of nitrogens with zero attached hydrogens (tertiary/aromatic N) is 3. The van der Waals surface area contributed by atoms with E-state index >= 15 is 0 Å². The van der Waals surface area contributed by atoms with Crippen LogP contribution in [0.2, 0.25) is 0 Å². The molecule has 1 aliphatic carbocycles. The van der Waals surface area contributed by atoms with Crippen molar-refractivity contribution >= 4 is 0 Å². The lowest BCUT2D eigenvalue weighted by molar-refractivity contribution is 0.00774. The van der Waals surface area contributed by atoms with Crippen molar-refractivity contribution in [2.75, 3.05) is 19.7 Å². The van der Waals surface area contributed by atoms with Crippen LogP contribution in [-0.2, 0) is 24.9 Å². The van der Waals surface area contributed by atoms with Crippen LogP contribution in [0.15, 0.2) is 84.9 Å². The van der Waals surface area contributed by atoms with Gasteiger partial charge in [0.2, 0.25) is 5.88 Å². The van der Waals surface area contributed by atoms with Gasteiger partial charge in [-0.05, 0) is 48.6 Å². The van der Waals surface area contributed by atoms with Crippen molar-refractivity contribution in [3.8, 4) is 22.9 Å². The summed E-state index contributed by atoms with van der Waals surface area (Å²) in [5, 5.41) is 15.7. The molecule has 38 heavy (non-hydrogen) atoms. The second-order valence-electron chi connectivity index (χ2n) is 9.97. The monoisotopic (exact) mass is 515 g/mol. The van der Waals surface area contributed by atoms with Crippen LogP contribution < -0.4 is 4.74 Å². The van der Waals surface area contributed by atoms with Crippen molar-refractivity contribution in [3.05, 3.63) is 102 Å². The molecule has 0 aliphatic heterocycles. The molecule has 0 saturated heterocycles. The van der Waals surface area contributed by atoms with Crippen molar-refractivity contribution in [3.63, 3.8) is 0 Å². The van der Waals surface area contributed by atoms with E-state index in [0.29, 0.717) is 37.2 Å². The highest BCUT2D eigenvalue weighted by molar-refractivity contribution is 5.65. The Bertz CT molecular complexity index is 1290. The Kier molecular flexibility index (Phi) is 8.48. The van der Waals surface area contributed by atoms with Gasteiger partial charge in [0, 0.05) is 32.2 Å². The molecule has 1 N–H and O–H groups in total. The molecule has 5 rings (SSSR count). The molecular formula is C31H34FN3O3. The zero-order valence-electron chi connectivity index (χ0n) is 21.7. The Labute approximate surface area is 223 Å². The van der Waals surface area contributed by atoms with E-state index in [1.807, 2.05) is 67.7 Å². The topological polar surface area (TPSA) is 59.8 Å². The van der Waals surface area contributed by atoms with E-state index in [1.165, 1.54) is 25.0 Å². The zero-order chi connectivity index (χ0) is 26.3. The van der Waals surface area contributed by atoms with E-state index in [1.54, 1.807) is 16.8 Å². The molecule has 3 aromatic carbocycles. The number of aromatic nitrogens is 2. The summed E-state index contributed by atoms with van der Waals surface area (Å²) in [6.07, 6.45) is 1.78. The van der Waals surface area contributed by atoms with Crippen LogP contribution in [0, 0.1) is 11.7 Å². The number of ether oxygens (including phenoxy) is 2. The molecule has 1 atom stereocenters. The molecule has 1 aliphatic rings. The molecule has 7 heteroatoms. The standard InChI is InChI=1S/C31H34FN3O3/c1-34-31(38-28-16-14-26(32)15-17-28)29(30(33-34)25-10-6-3-7-11-25)20-35(18-23-12-13-23)19-27(36)22-37-21-24-8-4-2-5-9-24/h2-11,14-17,23,27,36H,12-13,18-22H2,1H3. The molecule has 0 spiro atoms. The minimum absolute atomic E-state index is 0.258. The van der Waals surface area contributed by atoms with Gasteiger partial charge in [-0.15, -0.1) is 0 Å². The van der Waals surface area contributed by atoms with Crippen molar-refractivity contribution < 1.29 is 19.0 Å². The van der Waals surface area contributed by atoms with E-state index in [-0.39, 0.29) is 12.4 Å². The lowest BCUT2D eigenvalue weighted by Gasteiger charge is -2.25. The van der Waals surface area contributed by atoms with E-state index < -0.39 is 6.10 Å². The van der Waals surface area contributed by atoms with Gasteiger partial charge in [0.1, 0.15) is 17.3 Å². The Morgan fingerprint density at radius 3 is 2.37 bits per heavy atom. The summed E-state index contributed by atoms with van der Waals surface area (Å²) in [6, 6.07) is 26.0. The Morgan fingerprint density at radius 1 is 1.00 bits per heavy atom. The first kappa shape index (κ1) is 26.1. The number of benzene rings is 3. The third-order valence-electron chi connectivity index (χ3n) is 6.65. The number of aliphatic hydroxyl groups is 1. The van der Waals surface area contributed by atoms with Gasteiger partial charge in [-0.1, -0.05) is 60.7 Å². The summed E-state index contributed by atoms with van der Waals surface area (Å²) in [6.45, 7) is 2.64. The average Bonchev–Trinajstić information content (AvgIpc) is 3.70. The maximum atomic E-state index is 13.5. The van der Waals surface area contributed by atoms with Crippen molar-refractivity contribution in [2.24, 2.45) is 13.0 Å². The maximum Gasteiger partial charge on any atom is 0.222 e. The van der Waals surface area contributed by atoms with Gasteiger partial charge >= 0.3 is 0 Å². The van der Waals surface area contributed by atoms with Crippen LogP contribution in [0.5, 0.6) is 11.6 Å². The fourth-order valence-corrected chi connectivity index (χ4v) is 4.60. The van der Waals surface area contributed by atoms with E-state index in [0.717, 1.165) is 28.9 Å². The van der Waals surface area contributed by atoms with Gasteiger partial charge in [0.25, 0.3) is 0 Å². The summed E-state index contributed by atoms with van der Waals surface area (Å²) in [4.78, 5) is 2.27. The van der Waals surface area contributed by atoms with E-state index in [4.69, 9.17) is 14.6 Å². The summed E-state index contributed by atoms with van der Waals surface area (Å²) in [7, 11) is 1.85. The summed E-state index contributed by atoms with van der Waals surface area (Å²) >= 11 is 0. The quantitative estimate of drug-likeness (QED) is 0.244. The average molecular weight is 516 g/mol. The number of hydrogen-bond acceptors (Lipinski definition) is 5. The summed E-state index contributed by atoms with van der Waals surface area (Å²) in [5.74, 6) is 1.46. The van der Waals surface area contributed by atoms with E-state index in [9.17, 15) is 9.50 Å². The lowest BCUT2D eigenvalue weighted by Crippen LogP contribution is -2.36. The molecule has 4 aromatic rings. The van der Waals surface area contributed by atoms with Gasteiger partial charge in [-0.3, -0.25) is 4.90 Å². The number of hydrogen-bond donors (Lipinski definition) is 1. The fraction of sp³-hybridized carbons (Fsp3) is 0.323. The van der Waals surface area contributed by atoms with Gasteiger partial charge in [-0.25, -0.2) is 9.07 Å². The van der Waals surface area contributed by atoms with Crippen molar-refractivity contribution in [1.29, 1.82) is 0 Å². The number of aliphatic hydroxyl groups excluding tert-OH is 1. The van der Waals surface area contributed by atoms with Gasteiger partial charge in [-0.2, -0.15) is 5.10 Å². The summed E-state index contributed by atoms with van der Waals surface area (Å²) in [5.41, 5.74) is 3.84. The molecule has 1 fully saturated rings. The largest absolute Gasteiger partial charge is 0.439 e. The molecule has 1 unspecified atom stereocenters. The minimum atomic E-state index is -0.629. The van der Waals surface area contributed by atoms with Crippen molar-refractivity contribution in [2.45, 2.75) is 32.1 Å². The Hall–Kier alpha value is -3.52. The molecule has 198 valence electrons. The Morgan fingerprint density at radius 2 is 1.68 bits per heavy atom. The highest BCUT2D eigenvalue weighted by atomic mass is 19.1. The third kappa shape index (κ3) is 7.07. The fourth-order valence-electron chi connectivity index (χ4n) is 4.60. The normalized spacial score (nSPS) is 14.1. The molecule has 0 radical (unpaired) electrons. The zero-order valence-corrected chi connectivity index (χ0v) is 21.7. The predicted octanol–water partition coefficient (Wildman–Crippen LogP) is 5.81. The predicted molar refractivity (Wildman–Crippen MR) is 145 cm³/mol. The molecular weight excluding hydrogens is 481 g/mol. The molecule has 1 heterocycles. The van der Waals surface area contributed by atoms with E-state index in [2.05, 4.69) is 4.90 Å².